The summed E-state index contributed by atoms with van der Waals surface area (Å²) in [6.45, 7) is 2.50. The van der Waals surface area contributed by atoms with Gasteiger partial charge in [-0.05, 0) is 42.2 Å². The number of thiophene rings is 1. The number of hydrogen-bond acceptors (Lipinski definition) is 5. The molecule has 0 spiro atoms. The Morgan fingerprint density at radius 1 is 1.35 bits per heavy atom. The number of hydrogen-bond donors (Lipinski definition) is 2. The van der Waals surface area contributed by atoms with Crippen LogP contribution in [0.25, 0.3) is 6.08 Å². The van der Waals surface area contributed by atoms with Gasteiger partial charge in [0.1, 0.15) is 6.04 Å². The fraction of sp³-hybridized carbons (Fsp3) is 0.273. The number of nitrogens with one attached hydrogen (secondary N) is 2. The highest BCUT2D eigenvalue weighted by Crippen LogP contribution is 2.33. The van der Waals surface area contributed by atoms with Crippen LogP contribution >= 0.6 is 22.9 Å². The van der Waals surface area contributed by atoms with Crippen LogP contribution in [-0.2, 0) is 27.5 Å². The molecule has 1 atom stereocenters. The summed E-state index contributed by atoms with van der Waals surface area (Å²) in [6, 6.07) is 4.92. The first-order valence-corrected chi connectivity index (χ1v) is 11.0. The monoisotopic (exact) mass is 457 g/mol. The van der Waals surface area contributed by atoms with E-state index in [9.17, 15) is 19.2 Å². The average molecular weight is 458 g/mol. The third-order valence-electron chi connectivity index (χ3n) is 5.43. The summed E-state index contributed by atoms with van der Waals surface area (Å²) in [7, 11) is 0. The van der Waals surface area contributed by atoms with Gasteiger partial charge < -0.3 is 10.2 Å². The summed E-state index contributed by atoms with van der Waals surface area (Å²) in [5, 5.41) is 7.52. The van der Waals surface area contributed by atoms with Gasteiger partial charge in [0, 0.05) is 34.3 Å². The molecule has 2 N–H and O–H groups in total. The predicted molar refractivity (Wildman–Crippen MR) is 117 cm³/mol. The van der Waals surface area contributed by atoms with Crippen molar-refractivity contribution in [3.8, 4) is 0 Å². The lowest BCUT2D eigenvalue weighted by Crippen LogP contribution is -2.52. The molecule has 7 nitrogen and oxygen atoms in total. The maximum Gasteiger partial charge on any atom is 0.256 e. The Morgan fingerprint density at radius 2 is 2.16 bits per heavy atom. The third kappa shape index (κ3) is 4.40. The summed E-state index contributed by atoms with van der Waals surface area (Å²) in [6.07, 6.45) is 3.67. The van der Waals surface area contributed by atoms with Gasteiger partial charge in [0.2, 0.25) is 17.7 Å². The van der Waals surface area contributed by atoms with Crippen molar-refractivity contribution in [2.24, 2.45) is 0 Å². The first kappa shape index (κ1) is 21.3. The van der Waals surface area contributed by atoms with Crippen molar-refractivity contribution < 1.29 is 19.2 Å². The summed E-state index contributed by atoms with van der Waals surface area (Å²) < 4.78 is 0. The standard InChI is InChI=1S/C22H20ClN3O4S/c1-12-2-3-13(8-16(12)23)4-6-19(27)24-9-18-14-10-26(22(30)15(14)11-31-18)17-5-7-20(28)25-21(17)29/h2-4,6,8,11,17H,5,7,9-10H2,1H3,(H,24,27)(H,25,28,29). The molecule has 3 heterocycles. The third-order valence-corrected chi connectivity index (χ3v) is 6.87. The quantitative estimate of drug-likeness (QED) is 0.533. The smallest absolute Gasteiger partial charge is 0.256 e. The fourth-order valence-corrected chi connectivity index (χ4v) is 4.83. The molecular weight excluding hydrogens is 438 g/mol. The van der Waals surface area contributed by atoms with Crippen LogP contribution in [0.5, 0.6) is 0 Å². The van der Waals surface area contributed by atoms with Gasteiger partial charge in [-0.2, -0.15) is 0 Å². The largest absolute Gasteiger partial charge is 0.348 e. The lowest BCUT2D eigenvalue weighted by atomic mass is 10.0. The van der Waals surface area contributed by atoms with E-state index in [0.29, 0.717) is 23.6 Å². The minimum atomic E-state index is -0.644. The lowest BCUT2D eigenvalue weighted by Gasteiger charge is -2.29. The van der Waals surface area contributed by atoms with Crippen molar-refractivity contribution in [3.63, 3.8) is 0 Å². The van der Waals surface area contributed by atoms with Crippen LogP contribution in [0.1, 0.15) is 44.8 Å². The Kier molecular flexibility index (Phi) is 5.93. The van der Waals surface area contributed by atoms with Gasteiger partial charge in [-0.3, -0.25) is 24.5 Å². The number of amides is 4. The number of nitrogens with zero attached hydrogens (tertiary/aromatic N) is 1. The zero-order valence-electron chi connectivity index (χ0n) is 16.7. The van der Waals surface area contributed by atoms with E-state index >= 15 is 0 Å². The topological polar surface area (TPSA) is 95.6 Å². The molecule has 4 amide bonds. The van der Waals surface area contributed by atoms with E-state index in [1.807, 2.05) is 19.1 Å². The number of halogens is 1. The van der Waals surface area contributed by atoms with Gasteiger partial charge in [-0.15, -0.1) is 11.3 Å². The molecule has 0 bridgehead atoms. The molecule has 0 saturated carbocycles. The number of piperidine rings is 1. The number of fused-ring (bicyclic) bond motifs is 1. The molecule has 31 heavy (non-hydrogen) atoms. The minimum absolute atomic E-state index is 0.213. The Bertz CT molecular complexity index is 1120. The Labute approximate surface area is 188 Å². The van der Waals surface area contributed by atoms with Crippen LogP contribution in [0.4, 0.5) is 0 Å². The van der Waals surface area contributed by atoms with E-state index in [1.165, 1.54) is 22.3 Å². The molecule has 2 aromatic rings. The number of rotatable bonds is 5. The van der Waals surface area contributed by atoms with Crippen LogP contribution in [0.15, 0.2) is 29.7 Å². The maximum atomic E-state index is 12.7. The minimum Gasteiger partial charge on any atom is -0.348 e. The Balaban J connectivity index is 1.38. The van der Waals surface area contributed by atoms with Crippen molar-refractivity contribution >= 4 is 52.6 Å². The van der Waals surface area contributed by atoms with Crippen LogP contribution in [0.2, 0.25) is 5.02 Å². The molecule has 4 rings (SSSR count). The molecular formula is C22H20ClN3O4S. The number of aryl methyl sites for hydroxylation is 1. The zero-order valence-corrected chi connectivity index (χ0v) is 18.3. The van der Waals surface area contributed by atoms with Gasteiger partial charge >= 0.3 is 0 Å². The molecule has 1 unspecified atom stereocenters. The number of benzene rings is 1. The molecule has 1 fully saturated rings. The highest BCUT2D eigenvalue weighted by molar-refractivity contribution is 7.10. The first-order chi connectivity index (χ1) is 14.8. The molecule has 160 valence electrons. The molecule has 1 saturated heterocycles. The maximum absolute atomic E-state index is 12.7. The molecule has 0 radical (unpaired) electrons. The highest BCUT2D eigenvalue weighted by Gasteiger charge is 2.40. The van der Waals surface area contributed by atoms with Crippen LogP contribution in [-0.4, -0.2) is 34.6 Å². The van der Waals surface area contributed by atoms with Gasteiger partial charge in [-0.25, -0.2) is 0 Å². The zero-order chi connectivity index (χ0) is 22.1. The first-order valence-electron chi connectivity index (χ1n) is 9.79. The average Bonchev–Trinajstić information content (AvgIpc) is 3.27. The second-order valence-electron chi connectivity index (χ2n) is 7.51. The van der Waals surface area contributed by atoms with Gasteiger partial charge in [0.25, 0.3) is 5.91 Å². The summed E-state index contributed by atoms with van der Waals surface area (Å²) in [4.78, 5) is 50.9. The summed E-state index contributed by atoms with van der Waals surface area (Å²) >= 11 is 7.51. The van der Waals surface area contributed by atoms with E-state index in [1.54, 1.807) is 17.5 Å². The van der Waals surface area contributed by atoms with Crippen molar-refractivity contribution in [1.29, 1.82) is 0 Å². The Hall–Kier alpha value is -2.97. The molecule has 9 heteroatoms. The van der Waals surface area contributed by atoms with Gasteiger partial charge in [0.15, 0.2) is 0 Å². The highest BCUT2D eigenvalue weighted by atomic mass is 35.5. The van der Waals surface area contributed by atoms with Crippen molar-refractivity contribution in [2.75, 3.05) is 0 Å². The number of carbonyl (C=O) groups is 4. The SMILES string of the molecule is Cc1ccc(C=CC(=O)NCc2scc3c2CN(C2CCC(=O)NC2=O)C3=O)cc1Cl. The molecule has 0 aliphatic carbocycles. The number of imide groups is 1. The van der Waals surface area contributed by atoms with E-state index < -0.39 is 11.9 Å². The molecule has 1 aromatic heterocycles. The Morgan fingerprint density at radius 3 is 2.90 bits per heavy atom. The predicted octanol–water partition coefficient (Wildman–Crippen LogP) is 2.80. The summed E-state index contributed by atoms with van der Waals surface area (Å²) in [5.74, 6) is -1.22. The molecule has 2 aliphatic rings. The van der Waals surface area contributed by atoms with Crippen LogP contribution in [0.3, 0.4) is 0 Å². The second-order valence-corrected chi connectivity index (χ2v) is 8.88. The van der Waals surface area contributed by atoms with Crippen LogP contribution in [0, 0.1) is 6.92 Å². The van der Waals surface area contributed by atoms with Crippen LogP contribution < -0.4 is 10.6 Å². The van der Waals surface area contributed by atoms with Crippen molar-refractivity contribution in [2.45, 2.75) is 38.9 Å². The van der Waals surface area contributed by atoms with Gasteiger partial charge in [0.05, 0.1) is 12.1 Å². The second kappa shape index (κ2) is 8.64. The molecule has 2 aliphatic heterocycles. The fourth-order valence-electron chi connectivity index (χ4n) is 3.66. The summed E-state index contributed by atoms with van der Waals surface area (Å²) in [5.41, 5.74) is 3.18. The van der Waals surface area contributed by atoms with E-state index in [4.69, 9.17) is 11.6 Å². The lowest BCUT2D eigenvalue weighted by molar-refractivity contribution is -0.137. The molecule has 1 aromatic carbocycles. The van der Waals surface area contributed by atoms with Crippen molar-refractivity contribution in [3.05, 3.63) is 61.8 Å². The normalized spacial score (nSPS) is 18.5. The van der Waals surface area contributed by atoms with Crippen molar-refractivity contribution in [1.82, 2.24) is 15.5 Å². The number of carbonyl (C=O) groups excluding carboxylic acids is 4. The van der Waals surface area contributed by atoms with Gasteiger partial charge in [-0.1, -0.05) is 23.7 Å². The van der Waals surface area contributed by atoms with E-state index in [0.717, 1.165) is 21.6 Å². The van der Waals surface area contributed by atoms with E-state index in [2.05, 4.69) is 10.6 Å². The van der Waals surface area contributed by atoms with E-state index in [-0.39, 0.29) is 30.7 Å².